The molecule has 17 heavy (non-hydrogen) atoms. The monoisotopic (exact) mass is 263 g/mol. The Hall–Kier alpha value is -1.02. The Morgan fingerprint density at radius 1 is 0.882 bits per heavy atom. The second-order valence-corrected chi connectivity index (χ2v) is 5.12. The predicted molar refractivity (Wildman–Crippen MR) is 72.8 cm³/mol. The van der Waals surface area contributed by atoms with Crippen molar-refractivity contribution in [2.24, 2.45) is 5.73 Å². The van der Waals surface area contributed by atoms with Gasteiger partial charge in [0.1, 0.15) is 0 Å². The van der Waals surface area contributed by atoms with Gasteiger partial charge in [0.25, 0.3) is 0 Å². The van der Waals surface area contributed by atoms with Crippen LogP contribution in [0.25, 0.3) is 11.1 Å². The van der Waals surface area contributed by atoms with Crippen molar-refractivity contribution in [2.45, 2.75) is 5.92 Å². The van der Waals surface area contributed by atoms with E-state index in [2.05, 4.69) is 12.1 Å². The number of nitrogens with two attached hydrogens (primary N) is 1. The molecule has 0 saturated carbocycles. The number of halogens is 2. The first-order chi connectivity index (χ1) is 8.20. The van der Waals surface area contributed by atoms with Gasteiger partial charge in [-0.1, -0.05) is 35.3 Å². The fourth-order valence-electron chi connectivity index (χ4n) is 2.56. The summed E-state index contributed by atoms with van der Waals surface area (Å²) in [5.74, 6) is 0.206. The van der Waals surface area contributed by atoms with Crippen molar-refractivity contribution in [1.82, 2.24) is 0 Å². The molecule has 3 rings (SSSR count). The van der Waals surface area contributed by atoms with Crippen molar-refractivity contribution in [2.75, 3.05) is 6.54 Å². The van der Waals surface area contributed by atoms with Gasteiger partial charge >= 0.3 is 0 Å². The molecular formula is C14H11Cl2N. The molecule has 1 aliphatic carbocycles. The smallest absolute Gasteiger partial charge is 0.0409 e. The zero-order valence-corrected chi connectivity index (χ0v) is 10.6. The Labute approximate surface area is 110 Å². The first kappa shape index (κ1) is 11.1. The largest absolute Gasteiger partial charge is 0.330 e. The van der Waals surface area contributed by atoms with E-state index in [1.54, 1.807) is 0 Å². The van der Waals surface area contributed by atoms with Crippen molar-refractivity contribution in [1.29, 1.82) is 0 Å². The molecule has 0 aliphatic heterocycles. The average Bonchev–Trinajstić information content (AvgIpc) is 2.60. The SMILES string of the molecule is NCC1c2cc(Cl)ccc2-c2ccc(Cl)cc21. The van der Waals surface area contributed by atoms with Gasteiger partial charge in [0.2, 0.25) is 0 Å². The van der Waals surface area contributed by atoms with Crippen LogP contribution in [0.4, 0.5) is 0 Å². The van der Waals surface area contributed by atoms with Gasteiger partial charge < -0.3 is 5.73 Å². The first-order valence-corrected chi connectivity index (χ1v) is 6.25. The van der Waals surface area contributed by atoms with E-state index in [0.717, 1.165) is 10.0 Å². The molecule has 0 aromatic heterocycles. The van der Waals surface area contributed by atoms with Crippen LogP contribution in [0.3, 0.4) is 0 Å². The lowest BCUT2D eigenvalue weighted by atomic mass is 9.97. The maximum atomic E-state index is 6.05. The molecule has 1 aliphatic rings. The number of rotatable bonds is 1. The van der Waals surface area contributed by atoms with E-state index >= 15 is 0 Å². The summed E-state index contributed by atoms with van der Waals surface area (Å²) in [4.78, 5) is 0. The molecule has 0 unspecified atom stereocenters. The third-order valence-corrected chi connectivity index (χ3v) is 3.77. The molecule has 2 aromatic carbocycles. The Bertz CT molecular complexity index is 541. The van der Waals surface area contributed by atoms with E-state index < -0.39 is 0 Å². The molecular weight excluding hydrogens is 253 g/mol. The third-order valence-electron chi connectivity index (χ3n) is 3.30. The van der Waals surface area contributed by atoms with Gasteiger partial charge in [-0.2, -0.15) is 0 Å². The lowest BCUT2D eigenvalue weighted by Gasteiger charge is -2.10. The lowest BCUT2D eigenvalue weighted by Crippen LogP contribution is -2.11. The van der Waals surface area contributed by atoms with Gasteiger partial charge in [-0.25, -0.2) is 0 Å². The molecule has 0 spiro atoms. The Kier molecular flexibility index (Phi) is 2.62. The molecule has 0 atom stereocenters. The Morgan fingerprint density at radius 3 is 1.76 bits per heavy atom. The van der Waals surface area contributed by atoms with E-state index in [1.807, 2.05) is 24.3 Å². The molecule has 0 bridgehead atoms. The molecule has 2 N–H and O–H groups in total. The Morgan fingerprint density at radius 2 is 1.35 bits per heavy atom. The van der Waals surface area contributed by atoms with E-state index in [-0.39, 0.29) is 5.92 Å². The normalized spacial score (nSPS) is 13.6. The van der Waals surface area contributed by atoms with Crippen molar-refractivity contribution < 1.29 is 0 Å². The summed E-state index contributed by atoms with van der Waals surface area (Å²) < 4.78 is 0. The van der Waals surface area contributed by atoms with Gasteiger partial charge in [0.15, 0.2) is 0 Å². The molecule has 1 nitrogen and oxygen atoms in total. The number of hydrogen-bond donors (Lipinski definition) is 1. The molecule has 0 fully saturated rings. The van der Waals surface area contributed by atoms with Crippen LogP contribution in [0.15, 0.2) is 36.4 Å². The van der Waals surface area contributed by atoms with Crippen molar-refractivity contribution >= 4 is 23.2 Å². The summed E-state index contributed by atoms with van der Waals surface area (Å²) in [6.45, 7) is 0.570. The first-order valence-electron chi connectivity index (χ1n) is 5.50. The minimum Gasteiger partial charge on any atom is -0.330 e. The number of benzene rings is 2. The van der Waals surface area contributed by atoms with Crippen LogP contribution in [0.1, 0.15) is 17.0 Å². The molecule has 3 heteroatoms. The average molecular weight is 264 g/mol. The molecule has 0 radical (unpaired) electrons. The summed E-state index contributed by atoms with van der Waals surface area (Å²) in [6, 6.07) is 11.9. The molecule has 86 valence electrons. The summed E-state index contributed by atoms with van der Waals surface area (Å²) >= 11 is 12.1. The highest BCUT2D eigenvalue weighted by Crippen LogP contribution is 2.45. The molecule has 0 heterocycles. The molecule has 2 aromatic rings. The van der Waals surface area contributed by atoms with Crippen molar-refractivity contribution in [3.8, 4) is 11.1 Å². The van der Waals surface area contributed by atoms with Gasteiger partial charge in [-0.05, 0) is 46.5 Å². The highest BCUT2D eigenvalue weighted by atomic mass is 35.5. The van der Waals surface area contributed by atoms with E-state index in [1.165, 1.54) is 22.3 Å². The van der Waals surface area contributed by atoms with Crippen LogP contribution in [0.2, 0.25) is 10.0 Å². The minimum atomic E-state index is 0.206. The summed E-state index contributed by atoms with van der Waals surface area (Å²) in [5.41, 5.74) is 10.7. The van der Waals surface area contributed by atoms with Crippen LogP contribution in [0, 0.1) is 0 Å². The van der Waals surface area contributed by atoms with E-state index in [0.29, 0.717) is 6.54 Å². The van der Waals surface area contributed by atoms with E-state index in [4.69, 9.17) is 28.9 Å². The maximum absolute atomic E-state index is 6.05. The topological polar surface area (TPSA) is 26.0 Å². The standard InChI is InChI=1S/C14H11Cl2N/c15-8-1-3-10-11-4-2-9(16)6-13(11)14(7-17)12(10)5-8/h1-6,14H,7,17H2. The van der Waals surface area contributed by atoms with Crippen LogP contribution in [0.5, 0.6) is 0 Å². The van der Waals surface area contributed by atoms with Crippen LogP contribution in [-0.4, -0.2) is 6.54 Å². The summed E-state index contributed by atoms with van der Waals surface area (Å²) in [7, 11) is 0. The molecule has 0 saturated heterocycles. The van der Waals surface area contributed by atoms with Gasteiger partial charge in [-0.3, -0.25) is 0 Å². The summed E-state index contributed by atoms with van der Waals surface area (Å²) in [5, 5.41) is 1.50. The minimum absolute atomic E-state index is 0.206. The fourth-order valence-corrected chi connectivity index (χ4v) is 2.92. The van der Waals surface area contributed by atoms with Crippen molar-refractivity contribution in [3.63, 3.8) is 0 Å². The fraction of sp³-hybridized carbons (Fsp3) is 0.143. The maximum Gasteiger partial charge on any atom is 0.0409 e. The van der Waals surface area contributed by atoms with Crippen LogP contribution in [-0.2, 0) is 0 Å². The quantitative estimate of drug-likeness (QED) is 0.825. The second-order valence-electron chi connectivity index (χ2n) is 4.25. The highest BCUT2D eigenvalue weighted by Gasteiger charge is 2.27. The molecule has 0 amide bonds. The second kappa shape index (κ2) is 4.02. The van der Waals surface area contributed by atoms with Crippen molar-refractivity contribution in [3.05, 3.63) is 57.6 Å². The lowest BCUT2D eigenvalue weighted by molar-refractivity contribution is 0.841. The van der Waals surface area contributed by atoms with E-state index in [9.17, 15) is 0 Å². The third kappa shape index (κ3) is 1.66. The Balaban J connectivity index is 2.28. The highest BCUT2D eigenvalue weighted by molar-refractivity contribution is 6.31. The zero-order chi connectivity index (χ0) is 12.0. The van der Waals surface area contributed by atoms with Gasteiger partial charge in [0, 0.05) is 22.5 Å². The van der Waals surface area contributed by atoms with Gasteiger partial charge in [-0.15, -0.1) is 0 Å². The summed E-state index contributed by atoms with van der Waals surface area (Å²) in [6.07, 6.45) is 0. The van der Waals surface area contributed by atoms with Crippen LogP contribution < -0.4 is 5.73 Å². The predicted octanol–water partition coefficient (Wildman–Crippen LogP) is 4.06. The number of fused-ring (bicyclic) bond motifs is 3. The van der Waals surface area contributed by atoms with Crippen LogP contribution >= 0.6 is 23.2 Å². The zero-order valence-electron chi connectivity index (χ0n) is 9.08. The van der Waals surface area contributed by atoms with Gasteiger partial charge in [0.05, 0.1) is 0 Å². The number of hydrogen-bond acceptors (Lipinski definition) is 1.